The Morgan fingerprint density at radius 1 is 1.53 bits per heavy atom. The molecule has 1 N–H and O–H groups in total. The van der Waals surface area contributed by atoms with Crippen LogP contribution in [0, 0.1) is 5.82 Å². The summed E-state index contributed by atoms with van der Waals surface area (Å²) >= 11 is 0. The smallest absolute Gasteiger partial charge is 0.257 e. The zero-order valence-corrected chi connectivity index (χ0v) is 8.40. The Morgan fingerprint density at radius 2 is 2.20 bits per heavy atom. The van der Waals surface area contributed by atoms with Crippen molar-refractivity contribution in [3.05, 3.63) is 29.6 Å². The van der Waals surface area contributed by atoms with Gasteiger partial charge in [-0.2, -0.15) is 0 Å². The SMILES string of the molecule is CN(C(=O)c1cc(F)ccc1O)C1CC1. The molecule has 4 heteroatoms. The number of amides is 1. The average molecular weight is 209 g/mol. The van der Waals surface area contributed by atoms with Crippen molar-refractivity contribution in [2.75, 3.05) is 7.05 Å². The van der Waals surface area contributed by atoms with E-state index in [0.717, 1.165) is 25.0 Å². The molecule has 1 aromatic carbocycles. The number of halogens is 1. The predicted octanol–water partition coefficient (Wildman–Crippen LogP) is 1.77. The Bertz CT molecular complexity index is 402. The minimum absolute atomic E-state index is 0.0319. The van der Waals surface area contributed by atoms with Crippen LogP contribution in [0.3, 0.4) is 0 Å². The molecule has 3 nitrogen and oxygen atoms in total. The number of carbonyl (C=O) groups is 1. The maximum atomic E-state index is 12.9. The van der Waals surface area contributed by atoms with Crippen LogP contribution in [0.4, 0.5) is 4.39 Å². The molecule has 15 heavy (non-hydrogen) atoms. The second-order valence-electron chi connectivity index (χ2n) is 3.81. The number of aromatic hydroxyl groups is 1. The molecule has 1 fully saturated rings. The van der Waals surface area contributed by atoms with Crippen LogP contribution < -0.4 is 0 Å². The highest BCUT2D eigenvalue weighted by Gasteiger charge is 2.31. The van der Waals surface area contributed by atoms with Gasteiger partial charge < -0.3 is 10.0 Å². The molecular weight excluding hydrogens is 197 g/mol. The summed E-state index contributed by atoms with van der Waals surface area (Å²) < 4.78 is 12.9. The minimum atomic E-state index is -0.514. The first-order valence-electron chi connectivity index (χ1n) is 4.85. The van der Waals surface area contributed by atoms with Crippen LogP contribution in [0.15, 0.2) is 18.2 Å². The molecule has 80 valence electrons. The number of carbonyl (C=O) groups excluding carboxylic acids is 1. The normalized spacial score (nSPS) is 15.1. The quantitative estimate of drug-likeness (QED) is 0.806. The van der Waals surface area contributed by atoms with E-state index in [0.29, 0.717) is 0 Å². The molecule has 1 amide bonds. The molecule has 0 aromatic heterocycles. The standard InChI is InChI=1S/C11H12FNO2/c1-13(8-3-4-8)11(15)9-6-7(12)2-5-10(9)14/h2,5-6,8,14H,3-4H2,1H3. The van der Waals surface area contributed by atoms with Crippen LogP contribution in [0.25, 0.3) is 0 Å². The Kier molecular flexibility index (Phi) is 2.34. The van der Waals surface area contributed by atoms with E-state index in [1.807, 2.05) is 0 Å². The number of phenols is 1. The molecule has 0 aliphatic heterocycles. The van der Waals surface area contributed by atoms with Gasteiger partial charge in [0.05, 0.1) is 5.56 Å². The van der Waals surface area contributed by atoms with Gasteiger partial charge >= 0.3 is 0 Å². The van der Waals surface area contributed by atoms with E-state index in [2.05, 4.69) is 0 Å². The van der Waals surface area contributed by atoms with Crippen LogP contribution in [-0.4, -0.2) is 29.0 Å². The molecular formula is C11H12FNO2. The molecule has 1 aromatic rings. The Morgan fingerprint density at radius 3 is 2.80 bits per heavy atom. The van der Waals surface area contributed by atoms with Crippen molar-refractivity contribution in [3.63, 3.8) is 0 Å². The molecule has 1 aliphatic carbocycles. The van der Waals surface area contributed by atoms with Gasteiger partial charge in [0.15, 0.2) is 0 Å². The summed E-state index contributed by atoms with van der Waals surface area (Å²) in [7, 11) is 1.67. The molecule has 1 saturated carbocycles. The summed E-state index contributed by atoms with van der Waals surface area (Å²) in [6, 6.07) is 3.64. The lowest BCUT2D eigenvalue weighted by atomic mass is 10.1. The largest absolute Gasteiger partial charge is 0.507 e. The van der Waals surface area contributed by atoms with E-state index < -0.39 is 5.82 Å². The molecule has 0 bridgehead atoms. The highest BCUT2D eigenvalue weighted by molar-refractivity contribution is 5.97. The highest BCUT2D eigenvalue weighted by Crippen LogP contribution is 2.28. The fourth-order valence-corrected chi connectivity index (χ4v) is 1.50. The summed E-state index contributed by atoms with van der Waals surface area (Å²) in [6.45, 7) is 0. The third kappa shape index (κ3) is 1.93. The summed E-state index contributed by atoms with van der Waals surface area (Å²) in [5, 5.41) is 9.44. The van der Waals surface area contributed by atoms with E-state index >= 15 is 0 Å². The molecule has 0 saturated heterocycles. The van der Waals surface area contributed by atoms with Gasteiger partial charge in [-0.15, -0.1) is 0 Å². The third-order valence-corrected chi connectivity index (χ3v) is 2.60. The van der Waals surface area contributed by atoms with Crippen molar-refractivity contribution in [1.29, 1.82) is 0 Å². The molecule has 0 spiro atoms. The van der Waals surface area contributed by atoms with Crippen LogP contribution in [0.1, 0.15) is 23.2 Å². The summed E-state index contributed by atoms with van der Waals surface area (Å²) in [6.07, 6.45) is 1.97. The third-order valence-electron chi connectivity index (χ3n) is 2.60. The number of benzene rings is 1. The molecule has 0 atom stereocenters. The van der Waals surface area contributed by atoms with Gasteiger partial charge in [-0.1, -0.05) is 0 Å². The summed E-state index contributed by atoms with van der Waals surface area (Å²) in [5.41, 5.74) is 0.0319. The van der Waals surface area contributed by atoms with Crippen molar-refractivity contribution in [3.8, 4) is 5.75 Å². The predicted molar refractivity (Wildman–Crippen MR) is 53.2 cm³/mol. The van der Waals surface area contributed by atoms with Gasteiger partial charge in [-0.25, -0.2) is 4.39 Å². The number of hydrogen-bond acceptors (Lipinski definition) is 2. The first kappa shape index (κ1) is 9.96. The molecule has 0 radical (unpaired) electrons. The summed E-state index contributed by atoms with van der Waals surface area (Å²) in [5.74, 6) is -1.01. The lowest BCUT2D eigenvalue weighted by molar-refractivity contribution is 0.0781. The zero-order valence-electron chi connectivity index (χ0n) is 8.40. The first-order chi connectivity index (χ1) is 7.09. The number of hydrogen-bond donors (Lipinski definition) is 1. The van der Waals surface area contributed by atoms with E-state index in [1.54, 1.807) is 11.9 Å². The molecule has 0 unspecified atom stereocenters. The van der Waals surface area contributed by atoms with E-state index in [-0.39, 0.29) is 23.3 Å². The molecule has 1 aliphatic rings. The van der Waals surface area contributed by atoms with Gasteiger partial charge in [-0.05, 0) is 31.0 Å². The van der Waals surface area contributed by atoms with E-state index in [9.17, 15) is 14.3 Å². The van der Waals surface area contributed by atoms with Gasteiger partial charge in [0.1, 0.15) is 11.6 Å². The van der Waals surface area contributed by atoms with Crippen molar-refractivity contribution in [2.24, 2.45) is 0 Å². The minimum Gasteiger partial charge on any atom is -0.507 e. The number of rotatable bonds is 2. The monoisotopic (exact) mass is 209 g/mol. The Labute approximate surface area is 87.1 Å². The van der Waals surface area contributed by atoms with E-state index in [1.165, 1.54) is 6.07 Å². The number of phenolic OH excluding ortho intramolecular Hbond substituents is 1. The lowest BCUT2D eigenvalue weighted by Crippen LogP contribution is -2.28. The topological polar surface area (TPSA) is 40.5 Å². The zero-order chi connectivity index (χ0) is 11.0. The van der Waals surface area contributed by atoms with Gasteiger partial charge in [0.25, 0.3) is 5.91 Å². The van der Waals surface area contributed by atoms with Crippen LogP contribution in [-0.2, 0) is 0 Å². The van der Waals surface area contributed by atoms with Crippen molar-refractivity contribution in [1.82, 2.24) is 4.90 Å². The van der Waals surface area contributed by atoms with Crippen LogP contribution >= 0.6 is 0 Å². The fraction of sp³-hybridized carbons (Fsp3) is 0.364. The lowest BCUT2D eigenvalue weighted by Gasteiger charge is -2.16. The van der Waals surface area contributed by atoms with Crippen molar-refractivity contribution in [2.45, 2.75) is 18.9 Å². The first-order valence-corrected chi connectivity index (χ1v) is 4.85. The molecule has 2 rings (SSSR count). The second kappa shape index (κ2) is 3.53. The Balaban J connectivity index is 2.27. The van der Waals surface area contributed by atoms with Crippen molar-refractivity contribution < 1.29 is 14.3 Å². The maximum Gasteiger partial charge on any atom is 0.257 e. The van der Waals surface area contributed by atoms with E-state index in [4.69, 9.17) is 0 Å². The van der Waals surface area contributed by atoms with Crippen molar-refractivity contribution >= 4 is 5.91 Å². The van der Waals surface area contributed by atoms with Gasteiger partial charge in [0.2, 0.25) is 0 Å². The summed E-state index contributed by atoms with van der Waals surface area (Å²) in [4.78, 5) is 13.3. The van der Waals surface area contributed by atoms with Gasteiger partial charge in [-0.3, -0.25) is 4.79 Å². The fourth-order valence-electron chi connectivity index (χ4n) is 1.50. The van der Waals surface area contributed by atoms with Gasteiger partial charge in [0, 0.05) is 13.1 Å². The second-order valence-corrected chi connectivity index (χ2v) is 3.81. The van der Waals surface area contributed by atoms with Crippen LogP contribution in [0.5, 0.6) is 5.75 Å². The van der Waals surface area contributed by atoms with Crippen LogP contribution in [0.2, 0.25) is 0 Å². The average Bonchev–Trinajstić information content (AvgIpc) is 3.03. The molecule has 0 heterocycles. The number of nitrogens with zero attached hydrogens (tertiary/aromatic N) is 1. The Hall–Kier alpha value is -1.58. The maximum absolute atomic E-state index is 12.9. The highest BCUT2D eigenvalue weighted by atomic mass is 19.1.